The second kappa shape index (κ2) is 4.65. The second-order valence-electron chi connectivity index (χ2n) is 3.49. The van der Waals surface area contributed by atoms with E-state index in [9.17, 15) is 0 Å². The molecule has 66 valence electrons. The first kappa shape index (κ1) is 9.78. The molecule has 0 aromatic carbocycles. The van der Waals surface area contributed by atoms with Gasteiger partial charge in [-0.1, -0.05) is 42.9 Å². The number of halogens is 1. The van der Waals surface area contributed by atoms with E-state index in [1.54, 1.807) is 0 Å². The molecule has 1 aliphatic heterocycles. The topological polar surface area (TPSA) is 9.23 Å². The summed E-state index contributed by atoms with van der Waals surface area (Å²) in [6.45, 7) is 5.61. The van der Waals surface area contributed by atoms with Crippen LogP contribution in [0.15, 0.2) is 0 Å². The van der Waals surface area contributed by atoms with Crippen LogP contribution in [-0.2, 0) is 4.74 Å². The molecule has 0 bridgehead atoms. The van der Waals surface area contributed by atoms with E-state index >= 15 is 0 Å². The van der Waals surface area contributed by atoms with Crippen LogP contribution in [-0.4, -0.2) is 17.1 Å². The van der Waals surface area contributed by atoms with E-state index in [1.807, 2.05) is 0 Å². The zero-order chi connectivity index (χ0) is 8.27. The van der Waals surface area contributed by atoms with Crippen LogP contribution in [0.2, 0.25) is 0 Å². The molecule has 0 aromatic rings. The van der Waals surface area contributed by atoms with E-state index in [-0.39, 0.29) is 0 Å². The smallest absolute Gasteiger partial charge is 0.0668 e. The van der Waals surface area contributed by atoms with Gasteiger partial charge >= 0.3 is 0 Å². The van der Waals surface area contributed by atoms with Gasteiger partial charge in [-0.15, -0.1) is 0 Å². The molecule has 0 saturated carbocycles. The predicted molar refractivity (Wildman–Crippen MR) is 56.2 cm³/mol. The summed E-state index contributed by atoms with van der Waals surface area (Å²) >= 11 is 2.41. The van der Waals surface area contributed by atoms with Crippen molar-refractivity contribution in [1.82, 2.24) is 0 Å². The molecular formula is C9H17IO. The highest BCUT2D eigenvalue weighted by Crippen LogP contribution is 2.28. The Morgan fingerprint density at radius 2 is 2.36 bits per heavy atom. The lowest BCUT2D eigenvalue weighted by Crippen LogP contribution is -2.11. The van der Waals surface area contributed by atoms with Gasteiger partial charge in [0.2, 0.25) is 0 Å². The molecule has 2 heteroatoms. The van der Waals surface area contributed by atoms with Gasteiger partial charge in [0, 0.05) is 4.43 Å². The Hall–Kier alpha value is 0.690. The molecule has 1 heterocycles. The molecule has 11 heavy (non-hydrogen) atoms. The highest BCUT2D eigenvalue weighted by Gasteiger charge is 2.27. The van der Waals surface area contributed by atoms with E-state index in [1.165, 1.54) is 12.8 Å². The minimum Gasteiger partial charge on any atom is -0.377 e. The average Bonchev–Trinajstić information content (AvgIpc) is 2.50. The van der Waals surface area contributed by atoms with Gasteiger partial charge < -0.3 is 4.74 Å². The summed E-state index contributed by atoms with van der Waals surface area (Å²) in [5, 5.41) is 0. The predicted octanol–water partition coefficient (Wildman–Crippen LogP) is 2.87. The Labute approximate surface area is 83.0 Å². The molecule has 1 nitrogen and oxygen atoms in total. The lowest BCUT2D eigenvalue weighted by Gasteiger charge is -2.14. The van der Waals surface area contributed by atoms with E-state index in [2.05, 4.69) is 36.4 Å². The highest BCUT2D eigenvalue weighted by atomic mass is 127. The molecule has 1 rings (SSSR count). The molecule has 1 fully saturated rings. The van der Waals surface area contributed by atoms with Gasteiger partial charge in [-0.3, -0.25) is 0 Å². The summed E-state index contributed by atoms with van der Waals surface area (Å²) in [4.78, 5) is 0. The monoisotopic (exact) mass is 268 g/mol. The van der Waals surface area contributed by atoms with Crippen LogP contribution in [0, 0.1) is 11.8 Å². The third-order valence-corrected chi connectivity index (χ3v) is 3.71. The molecule has 0 N–H and O–H groups in total. The Morgan fingerprint density at radius 1 is 1.64 bits per heavy atom. The summed E-state index contributed by atoms with van der Waals surface area (Å²) in [5.41, 5.74) is 0. The number of hydrogen-bond acceptors (Lipinski definition) is 1. The Morgan fingerprint density at radius 3 is 2.82 bits per heavy atom. The van der Waals surface area contributed by atoms with Crippen LogP contribution >= 0.6 is 22.6 Å². The van der Waals surface area contributed by atoms with Crippen LogP contribution < -0.4 is 0 Å². The summed E-state index contributed by atoms with van der Waals surface area (Å²) in [6, 6.07) is 0. The lowest BCUT2D eigenvalue weighted by molar-refractivity contribution is 0.120. The van der Waals surface area contributed by atoms with Crippen LogP contribution in [0.3, 0.4) is 0 Å². The van der Waals surface area contributed by atoms with Gasteiger partial charge in [0.25, 0.3) is 0 Å². The molecule has 0 amide bonds. The zero-order valence-electron chi connectivity index (χ0n) is 7.35. The van der Waals surface area contributed by atoms with E-state index in [0.29, 0.717) is 6.10 Å². The van der Waals surface area contributed by atoms with Crippen molar-refractivity contribution in [3.05, 3.63) is 0 Å². The first-order valence-electron chi connectivity index (χ1n) is 4.45. The molecular weight excluding hydrogens is 251 g/mol. The SMILES string of the molecule is CC[C@H](C)[C@@H]1CO[C@@H](CI)C1. The van der Waals surface area contributed by atoms with Crippen molar-refractivity contribution in [1.29, 1.82) is 0 Å². The Balaban J connectivity index is 2.29. The fourth-order valence-corrected chi connectivity index (χ4v) is 2.18. The molecule has 1 aliphatic rings. The van der Waals surface area contributed by atoms with Crippen LogP contribution in [0.25, 0.3) is 0 Å². The Kier molecular flexibility index (Phi) is 4.13. The van der Waals surface area contributed by atoms with Crippen molar-refractivity contribution in [3.8, 4) is 0 Å². The molecule has 3 atom stereocenters. The minimum atomic E-state index is 0.551. The van der Waals surface area contributed by atoms with Crippen LogP contribution in [0.5, 0.6) is 0 Å². The first-order chi connectivity index (χ1) is 5.27. The number of rotatable bonds is 3. The summed E-state index contributed by atoms with van der Waals surface area (Å²) in [5.74, 6) is 1.68. The molecule has 1 saturated heterocycles. The fraction of sp³-hybridized carbons (Fsp3) is 1.00. The Bertz CT molecular complexity index is 116. The van der Waals surface area contributed by atoms with Crippen molar-refractivity contribution in [2.24, 2.45) is 11.8 Å². The summed E-state index contributed by atoms with van der Waals surface area (Å²) in [6.07, 6.45) is 3.13. The zero-order valence-corrected chi connectivity index (χ0v) is 9.50. The summed E-state index contributed by atoms with van der Waals surface area (Å²) in [7, 11) is 0. The van der Waals surface area contributed by atoms with Gasteiger partial charge in [-0.05, 0) is 18.3 Å². The van der Waals surface area contributed by atoms with Gasteiger partial charge in [-0.25, -0.2) is 0 Å². The largest absolute Gasteiger partial charge is 0.377 e. The quantitative estimate of drug-likeness (QED) is 0.565. The van der Waals surface area contributed by atoms with E-state index in [0.717, 1.165) is 22.9 Å². The summed E-state index contributed by atoms with van der Waals surface area (Å²) < 4.78 is 6.79. The molecule has 0 unspecified atom stereocenters. The van der Waals surface area contributed by atoms with Gasteiger partial charge in [0.05, 0.1) is 12.7 Å². The maximum Gasteiger partial charge on any atom is 0.0668 e. The number of hydrogen-bond donors (Lipinski definition) is 0. The van der Waals surface area contributed by atoms with Crippen LogP contribution in [0.4, 0.5) is 0 Å². The van der Waals surface area contributed by atoms with Gasteiger partial charge in [0.1, 0.15) is 0 Å². The maximum atomic E-state index is 5.63. The molecule has 0 radical (unpaired) electrons. The molecule has 0 aliphatic carbocycles. The van der Waals surface area contributed by atoms with E-state index in [4.69, 9.17) is 4.74 Å². The number of ether oxygens (including phenoxy) is 1. The highest BCUT2D eigenvalue weighted by molar-refractivity contribution is 14.1. The van der Waals surface area contributed by atoms with Crippen molar-refractivity contribution in [2.45, 2.75) is 32.8 Å². The first-order valence-corrected chi connectivity index (χ1v) is 5.98. The molecule has 0 spiro atoms. The van der Waals surface area contributed by atoms with Crippen molar-refractivity contribution in [2.75, 3.05) is 11.0 Å². The lowest BCUT2D eigenvalue weighted by atomic mass is 9.90. The van der Waals surface area contributed by atoms with Crippen LogP contribution in [0.1, 0.15) is 26.7 Å². The third kappa shape index (κ3) is 2.58. The standard InChI is InChI=1S/C9H17IO/c1-3-7(2)8-4-9(5-10)11-6-8/h7-9H,3-6H2,1-2H3/t7-,8-,9+/m0/s1. The minimum absolute atomic E-state index is 0.551. The van der Waals surface area contributed by atoms with Gasteiger partial charge in [0.15, 0.2) is 0 Å². The fourth-order valence-electron chi connectivity index (χ4n) is 1.57. The number of alkyl halides is 1. The third-order valence-electron chi connectivity index (χ3n) is 2.73. The van der Waals surface area contributed by atoms with Gasteiger partial charge in [-0.2, -0.15) is 0 Å². The van der Waals surface area contributed by atoms with Crippen molar-refractivity contribution < 1.29 is 4.74 Å². The van der Waals surface area contributed by atoms with E-state index < -0.39 is 0 Å². The van der Waals surface area contributed by atoms with Crippen molar-refractivity contribution >= 4 is 22.6 Å². The second-order valence-corrected chi connectivity index (χ2v) is 4.37. The van der Waals surface area contributed by atoms with Crippen molar-refractivity contribution in [3.63, 3.8) is 0 Å². The maximum absolute atomic E-state index is 5.63. The molecule has 0 aromatic heterocycles. The normalized spacial score (nSPS) is 34.1. The average molecular weight is 268 g/mol.